The van der Waals surface area contributed by atoms with Gasteiger partial charge >= 0.3 is 11.9 Å². The molecule has 0 amide bonds. The van der Waals surface area contributed by atoms with Crippen LogP contribution in [-0.4, -0.2) is 69.0 Å². The van der Waals surface area contributed by atoms with E-state index in [1.54, 1.807) is 20.8 Å². The lowest BCUT2D eigenvalue weighted by molar-refractivity contribution is -0.339. The van der Waals surface area contributed by atoms with E-state index >= 15 is 0 Å². The van der Waals surface area contributed by atoms with Crippen molar-refractivity contribution in [2.45, 2.75) is 89.5 Å². The number of carbonyl (C=O) groups is 2. The molecule has 8 nitrogen and oxygen atoms in total. The molecule has 2 saturated carbocycles. The molecular weight excluding hydrogens is 368 g/mol. The second-order valence-electron chi connectivity index (χ2n) is 9.47. The van der Waals surface area contributed by atoms with Gasteiger partial charge in [0.2, 0.25) is 0 Å². The zero-order valence-corrected chi connectivity index (χ0v) is 17.4. The maximum atomic E-state index is 12.0. The van der Waals surface area contributed by atoms with Crippen LogP contribution in [0.25, 0.3) is 0 Å². The molecule has 3 rings (SSSR count). The molecule has 3 aliphatic rings. The minimum Gasteiger partial charge on any atom is -0.465 e. The summed E-state index contributed by atoms with van der Waals surface area (Å²) in [5.74, 6) is -2.17. The maximum Gasteiger partial charge on any atom is 0.303 e. The van der Waals surface area contributed by atoms with Gasteiger partial charge < -0.3 is 29.5 Å². The van der Waals surface area contributed by atoms with Crippen LogP contribution >= 0.6 is 0 Å². The summed E-state index contributed by atoms with van der Waals surface area (Å²) in [4.78, 5) is 23.6. The molecule has 2 aliphatic carbocycles. The molecule has 0 aromatic carbocycles. The fraction of sp³-hybridized carbons (Fsp3) is 0.900. The van der Waals surface area contributed by atoms with Crippen molar-refractivity contribution in [1.29, 1.82) is 0 Å². The van der Waals surface area contributed by atoms with E-state index in [0.717, 1.165) is 0 Å². The number of carbonyl (C=O) groups excluding carboxylic acids is 2. The average Bonchev–Trinajstić information content (AvgIpc) is 2.75. The molecule has 1 heterocycles. The van der Waals surface area contributed by atoms with Gasteiger partial charge in [-0.2, -0.15) is 0 Å². The van der Waals surface area contributed by atoms with Crippen LogP contribution in [0.3, 0.4) is 0 Å². The number of fused-ring (bicyclic) bond motifs is 1. The van der Waals surface area contributed by atoms with Gasteiger partial charge in [-0.25, -0.2) is 0 Å². The normalized spacial score (nSPS) is 49.2. The molecule has 1 saturated heterocycles. The molecule has 160 valence electrons. The van der Waals surface area contributed by atoms with Gasteiger partial charge in [0.25, 0.3) is 0 Å². The van der Waals surface area contributed by atoms with Gasteiger partial charge in [0, 0.05) is 13.8 Å². The lowest BCUT2D eigenvalue weighted by Crippen LogP contribution is -2.81. The van der Waals surface area contributed by atoms with Crippen LogP contribution in [0.15, 0.2) is 0 Å². The van der Waals surface area contributed by atoms with Gasteiger partial charge in [-0.1, -0.05) is 6.92 Å². The quantitative estimate of drug-likeness (QED) is 0.587. The van der Waals surface area contributed by atoms with Crippen LogP contribution in [-0.2, 0) is 23.8 Å². The zero-order valence-electron chi connectivity index (χ0n) is 17.4. The molecule has 8 atom stereocenters. The highest BCUT2D eigenvalue weighted by Gasteiger charge is 2.84. The number of hydrogen-bond acceptors (Lipinski definition) is 8. The Bertz CT molecular complexity index is 673. The van der Waals surface area contributed by atoms with E-state index in [9.17, 15) is 24.9 Å². The molecule has 0 aromatic rings. The monoisotopic (exact) mass is 400 g/mol. The summed E-state index contributed by atoms with van der Waals surface area (Å²) in [7, 11) is 0. The molecule has 28 heavy (non-hydrogen) atoms. The van der Waals surface area contributed by atoms with Crippen molar-refractivity contribution in [3.05, 3.63) is 0 Å². The Morgan fingerprint density at radius 2 is 1.75 bits per heavy atom. The van der Waals surface area contributed by atoms with Crippen molar-refractivity contribution in [2.24, 2.45) is 17.3 Å². The Kier molecular flexibility index (Phi) is 4.90. The summed E-state index contributed by atoms with van der Waals surface area (Å²) < 4.78 is 17.5. The standard InChI is InChI=1S/C20H32O8/c1-10-7-8-18(6,25)20-16(27-12(3)22)13(17(4,5)28-20)14(23)15(24)19(10,20)9-26-11(2)21/h10,13-16,23-25H,7-9H2,1-6H3/t10-,13+,14+,15+,16+,18-,19-,20-/m0/s1. The Morgan fingerprint density at radius 3 is 2.29 bits per heavy atom. The van der Waals surface area contributed by atoms with Crippen LogP contribution in [0.5, 0.6) is 0 Å². The summed E-state index contributed by atoms with van der Waals surface area (Å²) in [6.45, 7) is 9.21. The number of esters is 2. The predicted octanol–water partition coefficient (Wildman–Crippen LogP) is 0.548. The lowest BCUT2D eigenvalue weighted by Gasteiger charge is -2.65. The van der Waals surface area contributed by atoms with E-state index in [4.69, 9.17) is 14.2 Å². The third kappa shape index (κ3) is 2.51. The third-order valence-electron chi connectivity index (χ3n) is 7.42. The second-order valence-corrected chi connectivity index (χ2v) is 9.47. The molecule has 2 bridgehead atoms. The van der Waals surface area contributed by atoms with Crippen LogP contribution < -0.4 is 0 Å². The van der Waals surface area contributed by atoms with Crippen LogP contribution in [0.2, 0.25) is 0 Å². The molecular formula is C20H32O8. The third-order valence-corrected chi connectivity index (χ3v) is 7.42. The largest absolute Gasteiger partial charge is 0.465 e. The van der Waals surface area contributed by atoms with Crippen LogP contribution in [0, 0.1) is 17.3 Å². The van der Waals surface area contributed by atoms with Gasteiger partial charge in [-0.3, -0.25) is 9.59 Å². The van der Waals surface area contributed by atoms with E-state index in [0.29, 0.717) is 12.8 Å². The Labute approximate surface area is 165 Å². The molecule has 8 heteroatoms. The van der Waals surface area contributed by atoms with Crippen molar-refractivity contribution >= 4 is 11.9 Å². The van der Waals surface area contributed by atoms with Gasteiger partial charge in [-0.05, 0) is 39.5 Å². The highest BCUT2D eigenvalue weighted by atomic mass is 16.6. The van der Waals surface area contributed by atoms with E-state index in [-0.39, 0.29) is 12.5 Å². The summed E-state index contributed by atoms with van der Waals surface area (Å²) in [6.07, 6.45) is -2.78. The summed E-state index contributed by atoms with van der Waals surface area (Å²) >= 11 is 0. The molecule has 1 spiro atoms. The lowest BCUT2D eigenvalue weighted by atomic mass is 9.44. The van der Waals surface area contributed by atoms with E-state index in [2.05, 4.69) is 0 Å². The van der Waals surface area contributed by atoms with E-state index in [1.807, 2.05) is 6.92 Å². The fourth-order valence-corrected chi connectivity index (χ4v) is 6.24. The predicted molar refractivity (Wildman–Crippen MR) is 97.0 cm³/mol. The van der Waals surface area contributed by atoms with Gasteiger partial charge in [-0.15, -0.1) is 0 Å². The van der Waals surface area contributed by atoms with E-state index in [1.165, 1.54) is 13.8 Å². The van der Waals surface area contributed by atoms with Gasteiger partial charge in [0.05, 0.1) is 34.7 Å². The smallest absolute Gasteiger partial charge is 0.303 e. The van der Waals surface area contributed by atoms with Gasteiger partial charge in [0.15, 0.2) is 0 Å². The average molecular weight is 400 g/mol. The summed E-state index contributed by atoms with van der Waals surface area (Å²) in [5, 5.41) is 34.0. The molecule has 3 fully saturated rings. The first-order chi connectivity index (χ1) is 12.7. The fourth-order valence-electron chi connectivity index (χ4n) is 6.24. The van der Waals surface area contributed by atoms with Gasteiger partial charge in [0.1, 0.15) is 18.3 Å². The van der Waals surface area contributed by atoms with Crippen molar-refractivity contribution < 1.29 is 39.1 Å². The number of rotatable bonds is 3. The maximum absolute atomic E-state index is 12.0. The number of hydrogen-bond donors (Lipinski definition) is 3. The molecule has 0 radical (unpaired) electrons. The topological polar surface area (TPSA) is 123 Å². The second kappa shape index (κ2) is 6.39. The molecule has 3 N–H and O–H groups in total. The summed E-state index contributed by atoms with van der Waals surface area (Å²) in [5.41, 5.74) is -5.40. The number of aliphatic hydroxyl groups excluding tert-OH is 2. The minimum atomic E-state index is -1.55. The van der Waals surface area contributed by atoms with Crippen LogP contribution in [0.4, 0.5) is 0 Å². The molecule has 0 unspecified atom stereocenters. The SMILES string of the molecule is CC(=O)OC[C@]12[C@H](O)[C@H](O)[C@@H]3[C@@H](OC(C)=O)[C@]1(OC3(C)C)[C@@](C)(O)CC[C@@H]2C. The first kappa shape index (κ1) is 21.5. The Balaban J connectivity index is 2.31. The summed E-state index contributed by atoms with van der Waals surface area (Å²) in [6, 6.07) is 0. The first-order valence-corrected chi connectivity index (χ1v) is 9.84. The highest BCUT2D eigenvalue weighted by molar-refractivity contribution is 5.67. The molecule has 1 aliphatic heterocycles. The highest BCUT2D eigenvalue weighted by Crippen LogP contribution is 2.69. The Hall–Kier alpha value is -1.22. The Morgan fingerprint density at radius 1 is 1.14 bits per heavy atom. The van der Waals surface area contributed by atoms with E-state index < -0.39 is 58.4 Å². The van der Waals surface area contributed by atoms with Crippen molar-refractivity contribution in [3.8, 4) is 0 Å². The van der Waals surface area contributed by atoms with Crippen molar-refractivity contribution in [2.75, 3.05) is 6.61 Å². The number of ether oxygens (including phenoxy) is 3. The number of aliphatic hydroxyl groups is 3. The minimum absolute atomic E-state index is 0.265. The first-order valence-electron chi connectivity index (χ1n) is 9.84. The molecule has 0 aromatic heterocycles. The van der Waals surface area contributed by atoms with Crippen LogP contribution in [0.1, 0.15) is 54.4 Å². The van der Waals surface area contributed by atoms with Crippen molar-refractivity contribution in [1.82, 2.24) is 0 Å². The zero-order chi connectivity index (χ0) is 21.3. The van der Waals surface area contributed by atoms with Crippen molar-refractivity contribution in [3.63, 3.8) is 0 Å².